The summed E-state index contributed by atoms with van der Waals surface area (Å²) < 4.78 is 31.0. The van der Waals surface area contributed by atoms with E-state index in [0.717, 1.165) is 63.3 Å². The van der Waals surface area contributed by atoms with E-state index >= 15 is 0 Å². The van der Waals surface area contributed by atoms with Crippen LogP contribution in [0.2, 0.25) is 5.02 Å². The Balaban J connectivity index is 1.25. The van der Waals surface area contributed by atoms with Gasteiger partial charge in [-0.25, -0.2) is 4.39 Å². The van der Waals surface area contributed by atoms with Gasteiger partial charge in [0.1, 0.15) is 18.2 Å². The van der Waals surface area contributed by atoms with Crippen molar-refractivity contribution in [2.75, 3.05) is 44.4 Å². The van der Waals surface area contributed by atoms with E-state index < -0.39 is 0 Å². The van der Waals surface area contributed by atoms with Gasteiger partial charge in [0.15, 0.2) is 6.29 Å². The van der Waals surface area contributed by atoms with E-state index in [1.165, 1.54) is 17.7 Å². The van der Waals surface area contributed by atoms with Crippen molar-refractivity contribution in [1.82, 2.24) is 4.90 Å². The van der Waals surface area contributed by atoms with Gasteiger partial charge in [0.2, 0.25) is 0 Å². The van der Waals surface area contributed by atoms with Crippen molar-refractivity contribution in [3.05, 3.63) is 94.8 Å². The number of hydrogen-bond acceptors (Lipinski definition) is 5. The average molecular weight is 525 g/mol. The molecule has 2 saturated heterocycles. The number of halogens is 2. The highest BCUT2D eigenvalue weighted by Crippen LogP contribution is 2.37. The molecule has 3 aromatic carbocycles. The summed E-state index contributed by atoms with van der Waals surface area (Å²) in [7, 11) is 0. The van der Waals surface area contributed by atoms with Gasteiger partial charge in [-0.05, 0) is 54.7 Å². The maximum Gasteiger partial charge on any atom is 0.157 e. The Bertz CT molecular complexity index is 1130. The molecule has 7 heteroatoms. The lowest BCUT2D eigenvalue weighted by Gasteiger charge is -2.43. The predicted molar refractivity (Wildman–Crippen MR) is 145 cm³/mol. The summed E-state index contributed by atoms with van der Waals surface area (Å²) in [6, 6.07) is 23.2. The second-order valence-electron chi connectivity index (χ2n) is 9.61. The van der Waals surface area contributed by atoms with E-state index in [1.54, 1.807) is 0 Å². The summed E-state index contributed by atoms with van der Waals surface area (Å²) in [6.07, 6.45) is 3.06. The fraction of sp³-hybridized carbons (Fsp3) is 0.400. The molecule has 0 aliphatic carbocycles. The largest absolute Gasteiger partial charge is 0.491 e. The summed E-state index contributed by atoms with van der Waals surface area (Å²) in [5.41, 5.74) is 3.31. The minimum Gasteiger partial charge on any atom is -0.491 e. The van der Waals surface area contributed by atoms with E-state index in [2.05, 4.69) is 34.1 Å². The molecule has 0 saturated carbocycles. The molecule has 2 aliphatic heterocycles. The Morgan fingerprint density at radius 3 is 2.54 bits per heavy atom. The standard InChI is InChI=1S/C30H34ClFN2O3/c31-27-20-26(35-18-19-37-30-8-4-5-17-36-30)13-14-28(27)34-16-15-33(21-23-6-2-1-3-7-23)22-29(34)24-9-11-25(32)12-10-24/h1-3,6-7,9-14,20,29-30H,4-5,8,15-19,21-22H2. The maximum atomic E-state index is 13.7. The van der Waals surface area contributed by atoms with Crippen molar-refractivity contribution in [3.8, 4) is 5.75 Å². The van der Waals surface area contributed by atoms with Crippen molar-refractivity contribution < 1.29 is 18.6 Å². The highest BCUT2D eigenvalue weighted by Gasteiger charge is 2.30. The van der Waals surface area contributed by atoms with Crippen molar-refractivity contribution in [1.29, 1.82) is 0 Å². The second-order valence-corrected chi connectivity index (χ2v) is 10.0. The van der Waals surface area contributed by atoms with Gasteiger partial charge in [0, 0.05) is 38.9 Å². The maximum absolute atomic E-state index is 13.7. The Labute approximate surface area is 223 Å². The Kier molecular flexibility index (Phi) is 8.95. The molecule has 0 N–H and O–H groups in total. The molecule has 0 amide bonds. The molecule has 0 spiro atoms. The van der Waals surface area contributed by atoms with Crippen LogP contribution < -0.4 is 9.64 Å². The molecule has 0 radical (unpaired) electrons. The molecule has 5 nitrogen and oxygen atoms in total. The highest BCUT2D eigenvalue weighted by molar-refractivity contribution is 6.33. The topological polar surface area (TPSA) is 34.2 Å². The summed E-state index contributed by atoms with van der Waals surface area (Å²) >= 11 is 6.79. The van der Waals surface area contributed by atoms with Gasteiger partial charge >= 0.3 is 0 Å². The van der Waals surface area contributed by atoms with Gasteiger partial charge in [0.05, 0.1) is 23.4 Å². The molecule has 0 aromatic heterocycles. The third-order valence-corrected chi connectivity index (χ3v) is 7.29. The minimum atomic E-state index is -0.231. The zero-order chi connectivity index (χ0) is 25.5. The van der Waals surface area contributed by atoms with E-state index in [9.17, 15) is 4.39 Å². The molecule has 2 unspecified atom stereocenters. The van der Waals surface area contributed by atoms with Crippen LogP contribution in [0.4, 0.5) is 10.1 Å². The minimum absolute atomic E-state index is 0.0474. The summed E-state index contributed by atoms with van der Waals surface area (Å²) in [6.45, 7) is 5.08. The first-order valence-electron chi connectivity index (χ1n) is 13.1. The Hall–Kier alpha value is -2.64. The van der Waals surface area contributed by atoms with Gasteiger partial charge < -0.3 is 19.1 Å². The number of anilines is 1. The monoisotopic (exact) mass is 524 g/mol. The van der Waals surface area contributed by atoms with Crippen LogP contribution in [0.1, 0.15) is 36.4 Å². The third-order valence-electron chi connectivity index (χ3n) is 6.99. The normalized spacial score (nSPS) is 20.6. The summed E-state index contributed by atoms with van der Waals surface area (Å²) in [4.78, 5) is 4.77. The Morgan fingerprint density at radius 1 is 0.946 bits per heavy atom. The molecule has 2 atom stereocenters. The quantitative estimate of drug-likeness (QED) is 0.300. The van der Waals surface area contributed by atoms with E-state index in [0.29, 0.717) is 24.0 Å². The molecule has 196 valence electrons. The first-order valence-corrected chi connectivity index (χ1v) is 13.5. The Morgan fingerprint density at radius 2 is 1.78 bits per heavy atom. The first kappa shape index (κ1) is 26.0. The molecule has 2 heterocycles. The molecule has 5 rings (SSSR count). The molecule has 3 aromatic rings. The number of nitrogens with zero attached hydrogens (tertiary/aromatic N) is 2. The average Bonchev–Trinajstić information content (AvgIpc) is 2.93. The number of benzene rings is 3. The van der Waals surface area contributed by atoms with Gasteiger partial charge in [-0.1, -0.05) is 54.1 Å². The van der Waals surface area contributed by atoms with E-state index in [1.807, 2.05) is 36.4 Å². The first-order chi connectivity index (χ1) is 18.2. The van der Waals surface area contributed by atoms with Crippen LogP contribution in [-0.2, 0) is 16.0 Å². The fourth-order valence-corrected chi connectivity index (χ4v) is 5.35. The highest BCUT2D eigenvalue weighted by atomic mass is 35.5. The van der Waals surface area contributed by atoms with Crippen molar-refractivity contribution >= 4 is 17.3 Å². The summed E-state index contributed by atoms with van der Waals surface area (Å²) in [5.74, 6) is 0.480. The van der Waals surface area contributed by atoms with Crippen molar-refractivity contribution in [2.45, 2.75) is 38.1 Å². The van der Waals surface area contributed by atoms with Crippen LogP contribution >= 0.6 is 11.6 Å². The van der Waals surface area contributed by atoms with Crippen molar-refractivity contribution in [3.63, 3.8) is 0 Å². The molecule has 2 aliphatic rings. The van der Waals surface area contributed by atoms with E-state index in [4.69, 9.17) is 25.8 Å². The molecular weight excluding hydrogens is 491 g/mol. The van der Waals surface area contributed by atoms with Crippen LogP contribution in [0.3, 0.4) is 0 Å². The lowest BCUT2D eigenvalue weighted by molar-refractivity contribution is -0.165. The van der Waals surface area contributed by atoms with Gasteiger partial charge in [0.25, 0.3) is 0 Å². The van der Waals surface area contributed by atoms with Crippen LogP contribution in [0.5, 0.6) is 5.75 Å². The number of ether oxygens (including phenoxy) is 3. The van der Waals surface area contributed by atoms with E-state index in [-0.39, 0.29) is 18.1 Å². The number of hydrogen-bond donors (Lipinski definition) is 0. The molecule has 0 bridgehead atoms. The zero-order valence-electron chi connectivity index (χ0n) is 21.0. The molecular formula is C30H34ClFN2O3. The second kappa shape index (κ2) is 12.7. The third kappa shape index (κ3) is 7.02. The lowest BCUT2D eigenvalue weighted by Crippen LogP contribution is -2.48. The fourth-order valence-electron chi connectivity index (χ4n) is 5.08. The smallest absolute Gasteiger partial charge is 0.157 e. The SMILES string of the molecule is Fc1ccc(C2CN(Cc3ccccc3)CCN2c2ccc(OCCOC3CCCCO3)cc2Cl)cc1. The van der Waals surface area contributed by atoms with Crippen LogP contribution in [0.15, 0.2) is 72.8 Å². The zero-order valence-corrected chi connectivity index (χ0v) is 21.8. The number of piperazine rings is 1. The molecule has 37 heavy (non-hydrogen) atoms. The van der Waals surface area contributed by atoms with Crippen molar-refractivity contribution in [2.24, 2.45) is 0 Å². The number of rotatable bonds is 9. The van der Waals surface area contributed by atoms with Crippen LogP contribution in [0, 0.1) is 5.82 Å². The van der Waals surface area contributed by atoms with Gasteiger partial charge in [-0.3, -0.25) is 4.90 Å². The molecule has 2 fully saturated rings. The van der Waals surface area contributed by atoms with Crippen LogP contribution in [-0.4, -0.2) is 50.6 Å². The lowest BCUT2D eigenvalue weighted by atomic mass is 10.0. The van der Waals surface area contributed by atoms with Gasteiger partial charge in [-0.15, -0.1) is 0 Å². The van der Waals surface area contributed by atoms with Crippen LogP contribution in [0.25, 0.3) is 0 Å². The predicted octanol–water partition coefficient (Wildman–Crippen LogP) is 6.46. The summed E-state index contributed by atoms with van der Waals surface area (Å²) in [5, 5.41) is 0.637. The van der Waals surface area contributed by atoms with Gasteiger partial charge in [-0.2, -0.15) is 0 Å².